The SMILES string of the molecule is CCNC(=NCCC1CC1)NC(C)c1ccc(C)o1.I. The van der Waals surface area contributed by atoms with Crippen molar-refractivity contribution in [2.75, 3.05) is 13.1 Å². The number of guanidine groups is 1. The van der Waals surface area contributed by atoms with Crippen molar-refractivity contribution in [3.63, 3.8) is 0 Å². The van der Waals surface area contributed by atoms with Gasteiger partial charge in [0, 0.05) is 13.1 Å². The van der Waals surface area contributed by atoms with E-state index in [0.717, 1.165) is 36.5 Å². The molecule has 4 nitrogen and oxygen atoms in total. The topological polar surface area (TPSA) is 49.6 Å². The molecule has 0 spiro atoms. The number of hydrogen-bond donors (Lipinski definition) is 2. The molecule has 1 unspecified atom stereocenters. The van der Waals surface area contributed by atoms with Crippen LogP contribution in [0.15, 0.2) is 21.5 Å². The van der Waals surface area contributed by atoms with Crippen molar-refractivity contribution in [1.29, 1.82) is 0 Å². The molecule has 0 saturated heterocycles. The number of furan rings is 1. The van der Waals surface area contributed by atoms with E-state index < -0.39 is 0 Å². The first-order valence-corrected chi connectivity index (χ1v) is 7.30. The molecule has 1 aromatic heterocycles. The maximum atomic E-state index is 5.63. The molecule has 1 atom stereocenters. The van der Waals surface area contributed by atoms with Crippen LogP contribution in [0.1, 0.15) is 50.7 Å². The highest BCUT2D eigenvalue weighted by Gasteiger charge is 2.20. The molecule has 0 radical (unpaired) electrons. The first-order valence-electron chi connectivity index (χ1n) is 7.30. The van der Waals surface area contributed by atoms with E-state index >= 15 is 0 Å². The van der Waals surface area contributed by atoms with Crippen molar-refractivity contribution in [3.8, 4) is 0 Å². The number of hydrogen-bond acceptors (Lipinski definition) is 2. The third-order valence-electron chi connectivity index (χ3n) is 3.39. The molecule has 1 aliphatic carbocycles. The van der Waals surface area contributed by atoms with Crippen LogP contribution in [0.5, 0.6) is 0 Å². The third-order valence-corrected chi connectivity index (χ3v) is 3.39. The second-order valence-electron chi connectivity index (χ2n) is 5.31. The number of halogens is 1. The Morgan fingerprint density at radius 1 is 1.45 bits per heavy atom. The largest absolute Gasteiger partial charge is 0.464 e. The predicted molar refractivity (Wildman–Crippen MR) is 93.7 cm³/mol. The number of aliphatic imine (C=N–C) groups is 1. The lowest BCUT2D eigenvalue weighted by molar-refractivity contribution is 0.441. The maximum Gasteiger partial charge on any atom is 0.191 e. The Bertz CT molecular complexity index is 427. The van der Waals surface area contributed by atoms with Crippen LogP contribution in [0.25, 0.3) is 0 Å². The minimum absolute atomic E-state index is 0. The molecule has 5 heteroatoms. The fraction of sp³-hybridized carbons (Fsp3) is 0.667. The fourth-order valence-electron chi connectivity index (χ4n) is 2.05. The summed E-state index contributed by atoms with van der Waals surface area (Å²) >= 11 is 0. The van der Waals surface area contributed by atoms with Crippen molar-refractivity contribution in [3.05, 3.63) is 23.7 Å². The van der Waals surface area contributed by atoms with Gasteiger partial charge in [-0.2, -0.15) is 0 Å². The van der Waals surface area contributed by atoms with Crippen LogP contribution in [0.4, 0.5) is 0 Å². The van der Waals surface area contributed by atoms with E-state index in [1.165, 1.54) is 19.3 Å². The molecule has 114 valence electrons. The highest BCUT2D eigenvalue weighted by atomic mass is 127. The molecule has 1 saturated carbocycles. The summed E-state index contributed by atoms with van der Waals surface area (Å²) in [6, 6.07) is 4.14. The average molecular weight is 391 g/mol. The quantitative estimate of drug-likeness (QED) is 0.443. The van der Waals surface area contributed by atoms with E-state index in [9.17, 15) is 0 Å². The highest BCUT2D eigenvalue weighted by molar-refractivity contribution is 14.0. The van der Waals surface area contributed by atoms with Crippen LogP contribution in [-0.2, 0) is 0 Å². The Labute approximate surface area is 138 Å². The lowest BCUT2D eigenvalue weighted by atomic mass is 10.2. The van der Waals surface area contributed by atoms with Gasteiger partial charge in [-0.05, 0) is 45.2 Å². The van der Waals surface area contributed by atoms with Crippen molar-refractivity contribution in [2.45, 2.75) is 46.1 Å². The minimum Gasteiger partial charge on any atom is -0.464 e. The maximum absolute atomic E-state index is 5.63. The summed E-state index contributed by atoms with van der Waals surface area (Å²) in [5.41, 5.74) is 0. The lowest BCUT2D eigenvalue weighted by Crippen LogP contribution is -2.38. The predicted octanol–water partition coefficient (Wildman–Crippen LogP) is 3.62. The molecular weight excluding hydrogens is 365 g/mol. The van der Waals surface area contributed by atoms with E-state index in [-0.39, 0.29) is 30.0 Å². The Hall–Kier alpha value is -0.720. The lowest BCUT2D eigenvalue weighted by Gasteiger charge is -2.16. The third kappa shape index (κ3) is 5.73. The van der Waals surface area contributed by atoms with E-state index in [1.54, 1.807) is 0 Å². The van der Waals surface area contributed by atoms with Gasteiger partial charge in [0.1, 0.15) is 11.5 Å². The molecule has 1 aromatic rings. The van der Waals surface area contributed by atoms with Crippen LogP contribution in [0.3, 0.4) is 0 Å². The normalized spacial score (nSPS) is 16.4. The zero-order valence-corrected chi connectivity index (χ0v) is 14.9. The fourth-order valence-corrected chi connectivity index (χ4v) is 2.05. The molecular formula is C15H26IN3O. The van der Waals surface area contributed by atoms with Gasteiger partial charge in [0.25, 0.3) is 0 Å². The number of nitrogens with one attached hydrogen (secondary N) is 2. The van der Waals surface area contributed by atoms with Crippen molar-refractivity contribution < 1.29 is 4.42 Å². The first kappa shape index (κ1) is 17.3. The first-order chi connectivity index (χ1) is 9.19. The molecule has 2 rings (SSSR count). The van der Waals surface area contributed by atoms with Gasteiger partial charge < -0.3 is 15.1 Å². The highest BCUT2D eigenvalue weighted by Crippen LogP contribution is 2.32. The van der Waals surface area contributed by atoms with Gasteiger partial charge >= 0.3 is 0 Å². The Morgan fingerprint density at radius 3 is 2.75 bits per heavy atom. The van der Waals surface area contributed by atoms with Gasteiger partial charge in [-0.15, -0.1) is 24.0 Å². The van der Waals surface area contributed by atoms with E-state index in [4.69, 9.17) is 4.42 Å². The molecule has 1 heterocycles. The van der Waals surface area contributed by atoms with Gasteiger partial charge in [-0.25, -0.2) is 0 Å². The van der Waals surface area contributed by atoms with Crippen LogP contribution >= 0.6 is 24.0 Å². The molecule has 0 bridgehead atoms. The summed E-state index contributed by atoms with van der Waals surface area (Å²) in [7, 11) is 0. The smallest absolute Gasteiger partial charge is 0.191 e. The van der Waals surface area contributed by atoms with E-state index in [2.05, 4.69) is 29.5 Å². The summed E-state index contributed by atoms with van der Waals surface area (Å²) in [6.45, 7) is 7.92. The van der Waals surface area contributed by atoms with Gasteiger partial charge in [0.15, 0.2) is 5.96 Å². The van der Waals surface area contributed by atoms with Crippen LogP contribution in [0.2, 0.25) is 0 Å². The molecule has 0 aromatic carbocycles. The van der Waals surface area contributed by atoms with Crippen molar-refractivity contribution in [1.82, 2.24) is 10.6 Å². The second kappa shape index (κ2) is 8.54. The van der Waals surface area contributed by atoms with Crippen LogP contribution < -0.4 is 10.6 Å². The summed E-state index contributed by atoms with van der Waals surface area (Å²) in [6.07, 6.45) is 3.99. The number of aryl methyl sites for hydroxylation is 1. The summed E-state index contributed by atoms with van der Waals surface area (Å²) < 4.78 is 5.63. The number of nitrogens with zero attached hydrogens (tertiary/aromatic N) is 1. The average Bonchev–Trinajstić information content (AvgIpc) is 3.09. The standard InChI is InChI=1S/C15H25N3O.HI/c1-4-16-15(17-10-9-13-6-7-13)18-12(3)14-8-5-11(2)19-14;/h5,8,12-13H,4,6-7,9-10H2,1-3H3,(H2,16,17,18);1H. The second-order valence-corrected chi connectivity index (χ2v) is 5.31. The Kier molecular flexibility index (Phi) is 7.40. The Morgan fingerprint density at radius 2 is 2.20 bits per heavy atom. The van der Waals surface area contributed by atoms with Gasteiger partial charge in [0.05, 0.1) is 6.04 Å². The zero-order chi connectivity index (χ0) is 13.7. The monoisotopic (exact) mass is 391 g/mol. The molecule has 0 aliphatic heterocycles. The van der Waals surface area contributed by atoms with Gasteiger partial charge in [-0.1, -0.05) is 12.8 Å². The van der Waals surface area contributed by atoms with Crippen LogP contribution in [-0.4, -0.2) is 19.0 Å². The van der Waals surface area contributed by atoms with Crippen molar-refractivity contribution in [2.24, 2.45) is 10.9 Å². The molecule has 20 heavy (non-hydrogen) atoms. The number of rotatable bonds is 6. The van der Waals surface area contributed by atoms with Gasteiger partial charge in [0.2, 0.25) is 0 Å². The molecule has 2 N–H and O–H groups in total. The van der Waals surface area contributed by atoms with Crippen LogP contribution in [0, 0.1) is 12.8 Å². The molecule has 0 amide bonds. The Balaban J connectivity index is 0.00000200. The zero-order valence-electron chi connectivity index (χ0n) is 12.6. The summed E-state index contributed by atoms with van der Waals surface area (Å²) in [5, 5.41) is 6.67. The van der Waals surface area contributed by atoms with E-state index in [0.29, 0.717) is 0 Å². The minimum atomic E-state index is 0. The molecule has 1 aliphatic rings. The van der Waals surface area contributed by atoms with Gasteiger partial charge in [-0.3, -0.25) is 4.99 Å². The molecule has 1 fully saturated rings. The summed E-state index contributed by atoms with van der Waals surface area (Å²) in [5.74, 6) is 3.70. The van der Waals surface area contributed by atoms with E-state index in [1.807, 2.05) is 19.1 Å². The van der Waals surface area contributed by atoms with Crippen molar-refractivity contribution >= 4 is 29.9 Å². The summed E-state index contributed by atoms with van der Waals surface area (Å²) in [4.78, 5) is 4.62.